The monoisotopic (exact) mass is 263 g/mol. The first-order chi connectivity index (χ1) is 8.90. The van der Waals surface area contributed by atoms with Gasteiger partial charge in [-0.15, -0.1) is 0 Å². The Morgan fingerprint density at radius 2 is 1.95 bits per heavy atom. The average Bonchev–Trinajstić information content (AvgIpc) is 2.38. The molecule has 0 aromatic rings. The molecule has 2 atom stereocenters. The lowest BCUT2D eigenvalue weighted by molar-refractivity contribution is -0.122. The van der Waals surface area contributed by atoms with Gasteiger partial charge >= 0.3 is 0 Å². The lowest BCUT2D eigenvalue weighted by Crippen LogP contribution is -2.42. The second kappa shape index (κ2) is 6.93. The van der Waals surface area contributed by atoms with Gasteiger partial charge in [0, 0.05) is 18.5 Å². The molecule has 0 spiro atoms. The normalized spacial score (nSPS) is 21.3. The van der Waals surface area contributed by atoms with Crippen LogP contribution >= 0.6 is 0 Å². The van der Waals surface area contributed by atoms with Gasteiger partial charge in [0.2, 0.25) is 0 Å². The van der Waals surface area contributed by atoms with Gasteiger partial charge in [-0.3, -0.25) is 4.79 Å². The molecule has 2 unspecified atom stereocenters. The SMILES string of the molecule is C=C(C)C1CCCCN1C(=C)C(=O)C(CC)C(C)C. The van der Waals surface area contributed by atoms with Crippen LogP contribution in [0, 0.1) is 11.8 Å². The summed E-state index contributed by atoms with van der Waals surface area (Å²) in [6, 6.07) is 0.301. The summed E-state index contributed by atoms with van der Waals surface area (Å²) in [4.78, 5) is 14.8. The zero-order valence-electron chi connectivity index (χ0n) is 13.0. The standard InChI is InChI=1S/C17H29NO/c1-7-15(12(2)3)17(19)14(6)18-11-9-8-10-16(18)13(4)5/h12,15-16H,4,6-11H2,1-3,5H3. The predicted octanol–water partition coefficient (Wildman–Crippen LogP) is 4.18. The van der Waals surface area contributed by atoms with E-state index in [-0.39, 0.29) is 11.7 Å². The van der Waals surface area contributed by atoms with Crippen LogP contribution in [0.4, 0.5) is 0 Å². The molecule has 0 bridgehead atoms. The van der Waals surface area contributed by atoms with Crippen molar-refractivity contribution in [1.82, 2.24) is 4.90 Å². The fourth-order valence-electron chi connectivity index (χ4n) is 3.08. The summed E-state index contributed by atoms with van der Waals surface area (Å²) in [5.74, 6) is 0.702. The number of carbonyl (C=O) groups excluding carboxylic acids is 1. The Labute approximate surface area is 118 Å². The van der Waals surface area contributed by atoms with Crippen molar-refractivity contribution in [3.63, 3.8) is 0 Å². The highest BCUT2D eigenvalue weighted by molar-refractivity contribution is 5.96. The van der Waals surface area contributed by atoms with E-state index in [4.69, 9.17) is 0 Å². The number of ketones is 1. The van der Waals surface area contributed by atoms with Crippen LogP contribution in [-0.2, 0) is 4.79 Å². The van der Waals surface area contributed by atoms with Gasteiger partial charge in [-0.2, -0.15) is 0 Å². The highest BCUT2D eigenvalue weighted by atomic mass is 16.1. The quantitative estimate of drug-likeness (QED) is 0.529. The van der Waals surface area contributed by atoms with Crippen molar-refractivity contribution in [3.05, 3.63) is 24.4 Å². The van der Waals surface area contributed by atoms with Crippen LogP contribution in [0.2, 0.25) is 0 Å². The number of hydrogen-bond acceptors (Lipinski definition) is 2. The maximum absolute atomic E-state index is 12.6. The first-order valence-corrected chi connectivity index (χ1v) is 7.55. The molecule has 1 fully saturated rings. The summed E-state index contributed by atoms with van der Waals surface area (Å²) in [5, 5.41) is 0. The lowest BCUT2D eigenvalue weighted by Gasteiger charge is -2.39. The third kappa shape index (κ3) is 3.71. The molecule has 0 aromatic carbocycles. The Balaban J connectivity index is 2.85. The number of piperidine rings is 1. The van der Waals surface area contributed by atoms with E-state index < -0.39 is 0 Å². The molecule has 0 aromatic heterocycles. The zero-order chi connectivity index (χ0) is 14.6. The number of likely N-dealkylation sites (tertiary alicyclic amines) is 1. The number of nitrogens with zero attached hydrogens (tertiary/aromatic N) is 1. The first kappa shape index (κ1) is 16.0. The van der Waals surface area contributed by atoms with E-state index in [2.05, 4.69) is 45.8 Å². The van der Waals surface area contributed by atoms with Crippen LogP contribution < -0.4 is 0 Å². The number of carbonyl (C=O) groups is 1. The third-order valence-electron chi connectivity index (χ3n) is 4.28. The summed E-state index contributed by atoms with van der Waals surface area (Å²) in [6.07, 6.45) is 4.35. The van der Waals surface area contributed by atoms with Gasteiger partial charge in [-0.1, -0.05) is 39.5 Å². The molecule has 1 rings (SSSR count). The molecule has 0 amide bonds. The smallest absolute Gasteiger partial charge is 0.181 e. The van der Waals surface area contributed by atoms with Crippen molar-refractivity contribution in [2.75, 3.05) is 6.54 Å². The maximum atomic E-state index is 12.6. The van der Waals surface area contributed by atoms with Gasteiger partial charge in [0.25, 0.3) is 0 Å². The Morgan fingerprint density at radius 1 is 1.32 bits per heavy atom. The third-order valence-corrected chi connectivity index (χ3v) is 4.28. The molecule has 0 aliphatic carbocycles. The van der Waals surface area contributed by atoms with Gasteiger partial charge in [0.05, 0.1) is 5.70 Å². The van der Waals surface area contributed by atoms with Crippen LogP contribution in [0.5, 0.6) is 0 Å². The second-order valence-corrected chi connectivity index (χ2v) is 6.12. The summed E-state index contributed by atoms with van der Waals surface area (Å²) in [5.41, 5.74) is 1.85. The summed E-state index contributed by atoms with van der Waals surface area (Å²) < 4.78 is 0. The minimum atomic E-state index is 0.0974. The summed E-state index contributed by atoms with van der Waals surface area (Å²) in [6.45, 7) is 17.5. The molecule has 19 heavy (non-hydrogen) atoms. The van der Waals surface area contributed by atoms with Crippen molar-refractivity contribution >= 4 is 5.78 Å². The Hall–Kier alpha value is -1.05. The largest absolute Gasteiger partial charge is 0.362 e. The van der Waals surface area contributed by atoms with Crippen molar-refractivity contribution in [3.8, 4) is 0 Å². The number of rotatable bonds is 6. The summed E-state index contributed by atoms with van der Waals surface area (Å²) >= 11 is 0. The van der Waals surface area contributed by atoms with Crippen LogP contribution in [0.15, 0.2) is 24.4 Å². The van der Waals surface area contributed by atoms with E-state index in [1.54, 1.807) is 0 Å². The lowest BCUT2D eigenvalue weighted by atomic mass is 9.86. The van der Waals surface area contributed by atoms with Gasteiger partial charge in [-0.25, -0.2) is 0 Å². The van der Waals surface area contributed by atoms with Crippen molar-refractivity contribution < 1.29 is 4.79 Å². The molecular weight excluding hydrogens is 234 g/mol. The van der Waals surface area contributed by atoms with Gasteiger partial charge in [0.1, 0.15) is 0 Å². The van der Waals surface area contributed by atoms with Crippen LogP contribution in [-0.4, -0.2) is 23.3 Å². The van der Waals surface area contributed by atoms with E-state index in [0.717, 1.165) is 31.4 Å². The molecule has 2 nitrogen and oxygen atoms in total. The van der Waals surface area contributed by atoms with Crippen LogP contribution in [0.25, 0.3) is 0 Å². The molecule has 1 saturated heterocycles. The Morgan fingerprint density at radius 3 is 2.42 bits per heavy atom. The van der Waals surface area contributed by atoms with Crippen LogP contribution in [0.3, 0.4) is 0 Å². The number of allylic oxidation sites excluding steroid dienone is 1. The van der Waals surface area contributed by atoms with Gasteiger partial charge in [0.15, 0.2) is 5.78 Å². The topological polar surface area (TPSA) is 20.3 Å². The van der Waals surface area contributed by atoms with E-state index >= 15 is 0 Å². The second-order valence-electron chi connectivity index (χ2n) is 6.12. The maximum Gasteiger partial charge on any atom is 0.181 e. The molecule has 0 N–H and O–H groups in total. The minimum absolute atomic E-state index is 0.0974. The van der Waals surface area contributed by atoms with Gasteiger partial charge in [-0.05, 0) is 38.5 Å². The average molecular weight is 263 g/mol. The highest BCUT2D eigenvalue weighted by Gasteiger charge is 2.30. The van der Waals surface area contributed by atoms with E-state index in [9.17, 15) is 4.79 Å². The highest BCUT2D eigenvalue weighted by Crippen LogP contribution is 2.28. The molecule has 1 aliphatic heterocycles. The molecule has 2 heteroatoms. The fraction of sp³-hybridized carbons (Fsp3) is 0.706. The van der Waals surface area contributed by atoms with Crippen molar-refractivity contribution in [2.45, 2.75) is 59.4 Å². The molecule has 0 radical (unpaired) electrons. The molecular formula is C17H29NO. The molecule has 1 aliphatic rings. The zero-order valence-corrected chi connectivity index (χ0v) is 13.0. The first-order valence-electron chi connectivity index (χ1n) is 7.55. The number of hydrogen-bond donors (Lipinski definition) is 0. The molecule has 1 heterocycles. The van der Waals surface area contributed by atoms with E-state index in [1.165, 1.54) is 6.42 Å². The molecule has 0 saturated carbocycles. The fourth-order valence-corrected chi connectivity index (χ4v) is 3.08. The number of Topliss-reactive ketones (excluding diaryl/α,β-unsaturated/α-hetero) is 1. The minimum Gasteiger partial charge on any atom is -0.362 e. The van der Waals surface area contributed by atoms with Crippen molar-refractivity contribution in [2.24, 2.45) is 11.8 Å². The predicted molar refractivity (Wildman–Crippen MR) is 81.9 cm³/mol. The van der Waals surface area contributed by atoms with E-state index in [1.807, 2.05) is 0 Å². The van der Waals surface area contributed by atoms with Gasteiger partial charge < -0.3 is 4.90 Å². The van der Waals surface area contributed by atoms with Crippen molar-refractivity contribution in [1.29, 1.82) is 0 Å². The summed E-state index contributed by atoms with van der Waals surface area (Å²) in [7, 11) is 0. The van der Waals surface area contributed by atoms with Crippen LogP contribution in [0.1, 0.15) is 53.4 Å². The molecule has 108 valence electrons. The van der Waals surface area contributed by atoms with E-state index in [0.29, 0.717) is 17.7 Å². The Bertz CT molecular complexity index is 356. The Kier molecular flexibility index (Phi) is 5.84.